The number of nitrogens with zero attached hydrogens (tertiary/aromatic N) is 1. The van der Waals surface area contributed by atoms with Crippen LogP contribution in [0.3, 0.4) is 0 Å². The number of hydrogen-bond donors (Lipinski definition) is 1. The van der Waals surface area contributed by atoms with Crippen molar-refractivity contribution in [3.8, 4) is 5.75 Å². The van der Waals surface area contributed by atoms with Gasteiger partial charge in [-0.15, -0.1) is 0 Å². The van der Waals surface area contributed by atoms with Crippen molar-refractivity contribution in [3.05, 3.63) is 114 Å². The van der Waals surface area contributed by atoms with Gasteiger partial charge in [-0.1, -0.05) is 96.7 Å². The number of hydrogen-bond acceptors (Lipinski definition) is 4. The molecule has 0 saturated heterocycles. The van der Waals surface area contributed by atoms with Gasteiger partial charge in [0.05, 0.1) is 0 Å². The number of rotatable bonds is 5. The molecular formula is C25H20N2OS. The number of fused-ring (bicyclic) bond motifs is 1. The lowest BCUT2D eigenvalue weighted by Gasteiger charge is -2.12. The lowest BCUT2D eigenvalue weighted by molar-refractivity contribution is 0.307. The van der Waals surface area contributed by atoms with Crippen LogP contribution in [0, 0.1) is 0 Å². The van der Waals surface area contributed by atoms with E-state index in [2.05, 4.69) is 77.3 Å². The van der Waals surface area contributed by atoms with Crippen LogP contribution >= 0.6 is 11.8 Å². The van der Waals surface area contributed by atoms with Crippen molar-refractivity contribution >= 4 is 27.6 Å². The highest BCUT2D eigenvalue weighted by Gasteiger charge is 2.21. The van der Waals surface area contributed by atoms with Crippen LogP contribution in [0.2, 0.25) is 0 Å². The molecule has 0 aliphatic carbocycles. The molecule has 0 bridgehead atoms. The summed E-state index contributed by atoms with van der Waals surface area (Å²) in [5.41, 5.74) is 6.75. The lowest BCUT2D eigenvalue weighted by atomic mass is 10.1. The molecule has 0 fully saturated rings. The van der Waals surface area contributed by atoms with Crippen LogP contribution in [-0.2, 0) is 6.61 Å². The first-order chi connectivity index (χ1) is 14.4. The summed E-state index contributed by atoms with van der Waals surface area (Å²) in [6, 6.07) is 33.3. The summed E-state index contributed by atoms with van der Waals surface area (Å²) in [4.78, 5) is 0. The molecule has 0 saturated carbocycles. The maximum atomic E-state index is 6.05. The average molecular weight is 397 g/mol. The molecule has 0 unspecified atom stereocenters. The predicted octanol–water partition coefficient (Wildman–Crippen LogP) is 6.12. The fraction of sp³-hybridized carbons (Fsp3) is 0.0800. The van der Waals surface area contributed by atoms with E-state index in [4.69, 9.17) is 4.74 Å². The van der Waals surface area contributed by atoms with Gasteiger partial charge in [0.15, 0.2) is 0 Å². The van der Waals surface area contributed by atoms with Crippen molar-refractivity contribution in [1.82, 2.24) is 5.43 Å². The minimum Gasteiger partial charge on any atom is -0.489 e. The summed E-state index contributed by atoms with van der Waals surface area (Å²) in [5, 5.41) is 8.11. The Balaban J connectivity index is 1.24. The average Bonchev–Trinajstić information content (AvgIpc) is 3.29. The Hall–Kier alpha value is -3.24. The fourth-order valence-electron chi connectivity index (χ4n) is 3.46. The van der Waals surface area contributed by atoms with Gasteiger partial charge in [-0.2, -0.15) is 5.10 Å². The summed E-state index contributed by atoms with van der Waals surface area (Å²) in [6.07, 6.45) is 0. The second kappa shape index (κ2) is 8.02. The van der Waals surface area contributed by atoms with Gasteiger partial charge in [0, 0.05) is 5.56 Å². The van der Waals surface area contributed by atoms with E-state index < -0.39 is 0 Å². The molecule has 0 aromatic heterocycles. The van der Waals surface area contributed by atoms with Crippen molar-refractivity contribution in [1.29, 1.82) is 0 Å². The van der Waals surface area contributed by atoms with Crippen molar-refractivity contribution in [2.45, 2.75) is 12.0 Å². The highest BCUT2D eigenvalue weighted by atomic mass is 32.2. The molecule has 4 heteroatoms. The van der Waals surface area contributed by atoms with Gasteiger partial charge in [-0.25, -0.2) is 0 Å². The molecule has 4 aromatic carbocycles. The predicted molar refractivity (Wildman–Crippen MR) is 121 cm³/mol. The highest BCUT2D eigenvalue weighted by molar-refractivity contribution is 8.14. The Morgan fingerprint density at radius 1 is 0.793 bits per heavy atom. The summed E-state index contributed by atoms with van der Waals surface area (Å²) >= 11 is 1.73. The minimum absolute atomic E-state index is 0.123. The van der Waals surface area contributed by atoms with Crippen molar-refractivity contribution in [3.63, 3.8) is 0 Å². The van der Waals surface area contributed by atoms with Gasteiger partial charge in [-0.3, -0.25) is 5.43 Å². The van der Waals surface area contributed by atoms with E-state index in [1.54, 1.807) is 11.8 Å². The Labute approximate surface area is 174 Å². The van der Waals surface area contributed by atoms with E-state index >= 15 is 0 Å². The molecule has 1 atom stereocenters. The second-order valence-corrected chi connectivity index (χ2v) is 8.00. The smallest absolute Gasteiger partial charge is 0.126 e. The third-order valence-corrected chi connectivity index (χ3v) is 6.15. The van der Waals surface area contributed by atoms with E-state index in [1.165, 1.54) is 21.9 Å². The zero-order valence-corrected chi connectivity index (χ0v) is 16.6. The maximum absolute atomic E-state index is 6.05. The Kier molecular flexibility index (Phi) is 4.93. The summed E-state index contributed by atoms with van der Waals surface area (Å²) in [7, 11) is 0. The Morgan fingerprint density at radius 3 is 2.41 bits per heavy atom. The normalized spacial score (nSPS) is 15.7. The van der Waals surface area contributed by atoms with Crippen LogP contribution in [0.1, 0.15) is 22.1 Å². The zero-order chi connectivity index (χ0) is 19.5. The van der Waals surface area contributed by atoms with Crippen molar-refractivity contribution in [2.75, 3.05) is 0 Å². The van der Waals surface area contributed by atoms with Gasteiger partial charge in [0.2, 0.25) is 0 Å². The molecular weight excluding hydrogens is 376 g/mol. The van der Waals surface area contributed by atoms with Crippen LogP contribution in [0.5, 0.6) is 5.75 Å². The molecule has 1 heterocycles. The number of hydrazone groups is 1. The first kappa shape index (κ1) is 17.8. The van der Waals surface area contributed by atoms with Crippen LogP contribution in [-0.4, -0.2) is 5.04 Å². The summed E-state index contributed by atoms with van der Waals surface area (Å²) in [6.45, 7) is 0.554. The number of ether oxygens (including phenoxy) is 1. The SMILES string of the molecule is c1ccc(C2=NN[C@@H](c3ccc(OCc4cccc5ccccc45)cc3)S2)cc1. The van der Waals surface area contributed by atoms with Crippen molar-refractivity contribution < 1.29 is 4.74 Å². The van der Waals surface area contributed by atoms with E-state index in [-0.39, 0.29) is 5.37 Å². The molecule has 1 N–H and O–H groups in total. The molecule has 1 aliphatic rings. The topological polar surface area (TPSA) is 33.6 Å². The largest absolute Gasteiger partial charge is 0.489 e. The van der Waals surface area contributed by atoms with E-state index in [0.717, 1.165) is 16.4 Å². The summed E-state index contributed by atoms with van der Waals surface area (Å²) < 4.78 is 6.05. The van der Waals surface area contributed by atoms with Gasteiger partial charge < -0.3 is 4.74 Å². The molecule has 0 radical (unpaired) electrons. The first-order valence-electron chi connectivity index (χ1n) is 9.61. The van der Waals surface area contributed by atoms with Crippen molar-refractivity contribution in [2.24, 2.45) is 5.10 Å². The highest BCUT2D eigenvalue weighted by Crippen LogP contribution is 2.34. The number of benzene rings is 4. The standard InChI is InChI=1S/C25H20N2OS/c1-2-8-19(9-3-1)24-26-27-25(29-24)20-13-15-22(16-14-20)28-17-21-11-6-10-18-7-4-5-12-23(18)21/h1-16,25,27H,17H2/t25-/m1/s1. The molecule has 0 amide bonds. The molecule has 142 valence electrons. The lowest BCUT2D eigenvalue weighted by Crippen LogP contribution is -2.06. The Bertz CT molecular complexity index is 1150. The Morgan fingerprint density at radius 2 is 1.55 bits per heavy atom. The number of nitrogens with one attached hydrogen (secondary N) is 1. The molecule has 3 nitrogen and oxygen atoms in total. The van der Waals surface area contributed by atoms with E-state index in [0.29, 0.717) is 6.61 Å². The quantitative estimate of drug-likeness (QED) is 0.441. The minimum atomic E-state index is 0.123. The van der Waals surface area contributed by atoms with Crippen LogP contribution in [0.4, 0.5) is 0 Å². The third kappa shape index (κ3) is 3.84. The third-order valence-electron chi connectivity index (χ3n) is 4.99. The fourth-order valence-corrected chi connectivity index (χ4v) is 4.46. The first-order valence-corrected chi connectivity index (χ1v) is 10.5. The van der Waals surface area contributed by atoms with Gasteiger partial charge in [0.25, 0.3) is 0 Å². The summed E-state index contributed by atoms with van der Waals surface area (Å²) in [5.74, 6) is 0.869. The molecule has 1 aliphatic heterocycles. The number of thioether (sulfide) groups is 1. The van der Waals surface area contributed by atoms with Crippen LogP contribution in [0.15, 0.2) is 102 Å². The van der Waals surface area contributed by atoms with Gasteiger partial charge in [-0.05, 0) is 34.0 Å². The molecule has 0 spiro atoms. The van der Waals surface area contributed by atoms with E-state index in [1.807, 2.05) is 30.3 Å². The van der Waals surface area contributed by atoms with Gasteiger partial charge in [0.1, 0.15) is 22.8 Å². The molecule has 5 rings (SSSR count). The van der Waals surface area contributed by atoms with E-state index in [9.17, 15) is 0 Å². The van der Waals surface area contributed by atoms with Crippen LogP contribution < -0.4 is 10.2 Å². The maximum Gasteiger partial charge on any atom is 0.126 e. The zero-order valence-electron chi connectivity index (χ0n) is 15.8. The molecule has 4 aromatic rings. The second-order valence-electron chi connectivity index (χ2n) is 6.91. The monoisotopic (exact) mass is 396 g/mol. The van der Waals surface area contributed by atoms with Crippen LogP contribution in [0.25, 0.3) is 10.8 Å². The molecule has 29 heavy (non-hydrogen) atoms. The van der Waals surface area contributed by atoms with Gasteiger partial charge >= 0.3 is 0 Å².